The first-order valence-corrected chi connectivity index (χ1v) is 6.78. The fourth-order valence-electron chi connectivity index (χ4n) is 2.67. The summed E-state index contributed by atoms with van der Waals surface area (Å²) in [4.78, 5) is 0. The zero-order chi connectivity index (χ0) is 13.7. The topological polar surface area (TPSA) is 64.7 Å². The highest BCUT2D eigenvalue weighted by Crippen LogP contribution is 2.26. The maximum absolute atomic E-state index is 9.82. The second-order valence-electron chi connectivity index (χ2n) is 5.24. The summed E-state index contributed by atoms with van der Waals surface area (Å²) in [5, 5.41) is 9.82. The number of benzene rings is 1. The van der Waals surface area contributed by atoms with Gasteiger partial charge in [0.05, 0.1) is 25.4 Å². The van der Waals surface area contributed by atoms with Gasteiger partial charge in [0.25, 0.3) is 0 Å². The molecule has 19 heavy (non-hydrogen) atoms. The van der Waals surface area contributed by atoms with E-state index in [4.69, 9.17) is 15.2 Å². The van der Waals surface area contributed by atoms with Crippen LogP contribution in [0, 0.1) is 5.92 Å². The Labute approximate surface area is 114 Å². The first-order chi connectivity index (χ1) is 9.20. The Balaban J connectivity index is 1.81. The predicted molar refractivity (Wildman–Crippen MR) is 73.6 cm³/mol. The summed E-state index contributed by atoms with van der Waals surface area (Å²) in [7, 11) is 1.64. The molecule has 0 unspecified atom stereocenters. The van der Waals surface area contributed by atoms with Crippen LogP contribution in [0.25, 0.3) is 0 Å². The molecular weight excluding hydrogens is 242 g/mol. The Morgan fingerprint density at radius 1 is 1.26 bits per heavy atom. The molecule has 106 valence electrons. The molecule has 0 bridgehead atoms. The summed E-state index contributed by atoms with van der Waals surface area (Å²) in [6.07, 6.45) is 0.895. The first-order valence-electron chi connectivity index (χ1n) is 6.78. The van der Waals surface area contributed by atoms with E-state index in [0.29, 0.717) is 26.1 Å². The van der Waals surface area contributed by atoms with Gasteiger partial charge in [0.15, 0.2) is 0 Å². The Morgan fingerprint density at radius 3 is 2.68 bits per heavy atom. The lowest BCUT2D eigenvalue weighted by Crippen LogP contribution is -2.50. The molecule has 0 aliphatic heterocycles. The Hall–Kier alpha value is -0.940. The molecule has 4 nitrogen and oxygen atoms in total. The van der Waals surface area contributed by atoms with Crippen molar-refractivity contribution in [3.05, 3.63) is 35.9 Å². The Morgan fingerprint density at radius 2 is 2.00 bits per heavy atom. The molecule has 1 aliphatic rings. The number of nitrogens with two attached hydrogens (primary N) is 1. The van der Waals surface area contributed by atoms with E-state index in [1.807, 2.05) is 30.3 Å². The lowest BCUT2D eigenvalue weighted by molar-refractivity contribution is -0.0485. The van der Waals surface area contributed by atoms with Gasteiger partial charge >= 0.3 is 0 Å². The summed E-state index contributed by atoms with van der Waals surface area (Å²) < 4.78 is 11.1. The molecule has 1 aromatic carbocycles. The third-order valence-corrected chi connectivity index (χ3v) is 3.80. The molecule has 0 saturated heterocycles. The number of rotatable bonds is 5. The average molecular weight is 265 g/mol. The van der Waals surface area contributed by atoms with Gasteiger partial charge in [0.2, 0.25) is 0 Å². The van der Waals surface area contributed by atoms with Gasteiger partial charge in [-0.25, -0.2) is 0 Å². The third kappa shape index (κ3) is 4.01. The van der Waals surface area contributed by atoms with Crippen LogP contribution in [-0.4, -0.2) is 37.1 Å². The normalized spacial score (nSPS) is 31.3. The van der Waals surface area contributed by atoms with E-state index in [1.54, 1.807) is 7.11 Å². The molecule has 1 aliphatic carbocycles. The number of aliphatic hydroxyl groups excluding tert-OH is 1. The van der Waals surface area contributed by atoms with Crippen molar-refractivity contribution in [1.82, 2.24) is 0 Å². The summed E-state index contributed by atoms with van der Waals surface area (Å²) in [6.45, 7) is 1.14. The predicted octanol–water partition coefficient (Wildman–Crippen LogP) is 1.32. The molecule has 0 heterocycles. The van der Waals surface area contributed by atoms with E-state index in [2.05, 4.69) is 0 Å². The highest BCUT2D eigenvalue weighted by molar-refractivity contribution is 5.13. The Bertz CT molecular complexity index is 371. The standard InChI is InChI=1S/C15H23NO3/c1-18-14-8-13(17)7-12(15(14)16)10-19-9-11-5-3-2-4-6-11/h2-6,12-15,17H,7-10,16H2,1H3/t12-,13-,14-,15-/m0/s1. The van der Waals surface area contributed by atoms with Crippen LogP contribution in [0.2, 0.25) is 0 Å². The smallest absolute Gasteiger partial charge is 0.0750 e. The van der Waals surface area contributed by atoms with Gasteiger partial charge in [0, 0.05) is 25.5 Å². The highest BCUT2D eigenvalue weighted by Gasteiger charge is 2.35. The molecule has 0 aromatic heterocycles. The van der Waals surface area contributed by atoms with Crippen molar-refractivity contribution in [2.75, 3.05) is 13.7 Å². The quantitative estimate of drug-likeness (QED) is 0.842. The van der Waals surface area contributed by atoms with Crippen molar-refractivity contribution in [3.63, 3.8) is 0 Å². The van der Waals surface area contributed by atoms with Crippen LogP contribution in [-0.2, 0) is 16.1 Å². The second kappa shape index (κ2) is 7.01. The fraction of sp³-hybridized carbons (Fsp3) is 0.600. The van der Waals surface area contributed by atoms with Crippen LogP contribution in [0.1, 0.15) is 18.4 Å². The van der Waals surface area contributed by atoms with Gasteiger partial charge in [0.1, 0.15) is 0 Å². The second-order valence-corrected chi connectivity index (χ2v) is 5.24. The van der Waals surface area contributed by atoms with E-state index in [1.165, 1.54) is 0 Å². The van der Waals surface area contributed by atoms with Gasteiger partial charge in [-0.3, -0.25) is 0 Å². The maximum atomic E-state index is 9.82. The van der Waals surface area contributed by atoms with Crippen molar-refractivity contribution in [2.45, 2.75) is 37.7 Å². The molecule has 0 radical (unpaired) electrons. The minimum Gasteiger partial charge on any atom is -0.393 e. The maximum Gasteiger partial charge on any atom is 0.0750 e. The summed E-state index contributed by atoms with van der Waals surface area (Å²) in [5.74, 6) is 0.150. The molecule has 1 fully saturated rings. The average Bonchev–Trinajstić information content (AvgIpc) is 2.43. The number of ether oxygens (including phenoxy) is 2. The zero-order valence-corrected chi connectivity index (χ0v) is 11.4. The Kier molecular flexibility index (Phi) is 5.34. The van der Waals surface area contributed by atoms with Crippen LogP contribution in [0.3, 0.4) is 0 Å². The highest BCUT2D eigenvalue weighted by atomic mass is 16.5. The van der Waals surface area contributed by atoms with E-state index >= 15 is 0 Å². The first kappa shape index (κ1) is 14.5. The number of hydrogen-bond donors (Lipinski definition) is 2. The minimum atomic E-state index is -0.338. The number of aliphatic hydroxyl groups is 1. The summed E-state index contributed by atoms with van der Waals surface area (Å²) >= 11 is 0. The molecule has 3 N–H and O–H groups in total. The largest absolute Gasteiger partial charge is 0.393 e. The van der Waals surface area contributed by atoms with E-state index in [0.717, 1.165) is 5.56 Å². The zero-order valence-electron chi connectivity index (χ0n) is 11.4. The van der Waals surface area contributed by atoms with Crippen molar-refractivity contribution < 1.29 is 14.6 Å². The molecule has 4 heteroatoms. The fourth-order valence-corrected chi connectivity index (χ4v) is 2.67. The minimum absolute atomic E-state index is 0.0656. The van der Waals surface area contributed by atoms with Gasteiger partial charge < -0.3 is 20.3 Å². The molecule has 1 aromatic rings. The van der Waals surface area contributed by atoms with Gasteiger partial charge in [-0.2, -0.15) is 0 Å². The van der Waals surface area contributed by atoms with Crippen LogP contribution >= 0.6 is 0 Å². The van der Waals surface area contributed by atoms with E-state index in [9.17, 15) is 5.11 Å². The monoisotopic (exact) mass is 265 g/mol. The van der Waals surface area contributed by atoms with E-state index in [-0.39, 0.29) is 24.2 Å². The lowest BCUT2D eigenvalue weighted by Gasteiger charge is -2.37. The van der Waals surface area contributed by atoms with Gasteiger partial charge in [-0.1, -0.05) is 30.3 Å². The van der Waals surface area contributed by atoms with Crippen molar-refractivity contribution in [1.29, 1.82) is 0 Å². The molecule has 0 spiro atoms. The molecule has 1 saturated carbocycles. The summed E-state index contributed by atoms with van der Waals surface area (Å²) in [6, 6.07) is 9.98. The molecule has 4 atom stereocenters. The number of methoxy groups -OCH3 is 1. The van der Waals surface area contributed by atoms with Crippen molar-refractivity contribution in [2.24, 2.45) is 11.7 Å². The van der Waals surface area contributed by atoms with Crippen LogP contribution in [0.5, 0.6) is 0 Å². The SMILES string of the molecule is CO[C@H]1C[C@@H](O)C[C@@H](COCc2ccccc2)[C@@H]1N. The van der Waals surface area contributed by atoms with Gasteiger partial charge in [-0.05, 0) is 12.0 Å². The summed E-state index contributed by atoms with van der Waals surface area (Å²) in [5.41, 5.74) is 7.31. The number of hydrogen-bond acceptors (Lipinski definition) is 4. The van der Waals surface area contributed by atoms with Crippen LogP contribution < -0.4 is 5.73 Å². The van der Waals surface area contributed by atoms with Gasteiger partial charge in [-0.15, -0.1) is 0 Å². The third-order valence-electron chi connectivity index (χ3n) is 3.80. The van der Waals surface area contributed by atoms with Crippen molar-refractivity contribution in [3.8, 4) is 0 Å². The molecule has 2 rings (SSSR count). The lowest BCUT2D eigenvalue weighted by atomic mass is 9.81. The van der Waals surface area contributed by atoms with E-state index < -0.39 is 0 Å². The van der Waals surface area contributed by atoms with Crippen LogP contribution in [0.4, 0.5) is 0 Å². The van der Waals surface area contributed by atoms with Crippen molar-refractivity contribution >= 4 is 0 Å². The molecular formula is C15H23NO3. The van der Waals surface area contributed by atoms with Crippen LogP contribution in [0.15, 0.2) is 30.3 Å². The molecule has 0 amide bonds.